The molecule has 4 nitrogen and oxygen atoms in total. The number of carbonyl (C=O) groups excluding carboxylic acids is 1. The normalized spacial score (nSPS) is 10.9. The van der Waals surface area contributed by atoms with Crippen LogP contribution in [0.2, 0.25) is 0 Å². The summed E-state index contributed by atoms with van der Waals surface area (Å²) in [5.41, 5.74) is 1.93. The third-order valence-electron chi connectivity index (χ3n) is 3.41. The summed E-state index contributed by atoms with van der Waals surface area (Å²) < 4.78 is 1.54. The maximum atomic E-state index is 12.5. The van der Waals surface area contributed by atoms with Gasteiger partial charge in [-0.05, 0) is 26.3 Å². The third kappa shape index (κ3) is 3.82. The lowest BCUT2D eigenvalue weighted by molar-refractivity contribution is -0.134. The van der Waals surface area contributed by atoms with Gasteiger partial charge in [0.25, 0.3) is 0 Å². The van der Waals surface area contributed by atoms with E-state index < -0.39 is 0 Å². The second-order valence-corrected chi connectivity index (χ2v) is 6.15. The van der Waals surface area contributed by atoms with Crippen LogP contribution in [0.25, 0.3) is 0 Å². The molecule has 0 radical (unpaired) electrons. The molecule has 0 aliphatic heterocycles. The lowest BCUT2D eigenvalue weighted by Gasteiger charge is -2.27. The van der Waals surface area contributed by atoms with E-state index in [0.29, 0.717) is 6.54 Å². The van der Waals surface area contributed by atoms with Crippen LogP contribution < -0.4 is 4.87 Å². The van der Waals surface area contributed by atoms with Crippen molar-refractivity contribution in [2.24, 2.45) is 0 Å². The van der Waals surface area contributed by atoms with Crippen LogP contribution in [0, 0.1) is 6.92 Å². The van der Waals surface area contributed by atoms with Crippen molar-refractivity contribution in [3.8, 4) is 0 Å². The highest BCUT2D eigenvalue weighted by Crippen LogP contribution is 2.10. The number of hydrogen-bond acceptors (Lipinski definition) is 3. The Morgan fingerprint density at radius 2 is 1.95 bits per heavy atom. The van der Waals surface area contributed by atoms with Gasteiger partial charge >= 0.3 is 4.87 Å². The zero-order valence-corrected chi connectivity index (χ0v) is 13.4. The van der Waals surface area contributed by atoms with Crippen molar-refractivity contribution in [1.29, 1.82) is 0 Å². The smallest absolute Gasteiger partial charge is 0.307 e. The van der Waals surface area contributed by atoms with Crippen molar-refractivity contribution in [2.75, 3.05) is 0 Å². The molecule has 21 heavy (non-hydrogen) atoms. The molecule has 0 saturated heterocycles. The molecule has 0 spiro atoms. The predicted molar refractivity (Wildman–Crippen MR) is 85.4 cm³/mol. The first-order valence-corrected chi connectivity index (χ1v) is 7.85. The van der Waals surface area contributed by atoms with Crippen LogP contribution >= 0.6 is 11.3 Å². The van der Waals surface area contributed by atoms with Gasteiger partial charge in [0, 0.05) is 23.7 Å². The zero-order valence-electron chi connectivity index (χ0n) is 12.6. The van der Waals surface area contributed by atoms with Crippen LogP contribution in [0.15, 0.2) is 40.5 Å². The fourth-order valence-corrected chi connectivity index (χ4v) is 2.90. The Kier molecular flexibility index (Phi) is 4.96. The molecular formula is C16H20N2O2S. The van der Waals surface area contributed by atoms with E-state index in [4.69, 9.17) is 0 Å². The Hall–Kier alpha value is -1.88. The molecule has 1 heterocycles. The predicted octanol–water partition coefficient (Wildman–Crippen LogP) is 2.66. The van der Waals surface area contributed by atoms with Crippen LogP contribution in [0.5, 0.6) is 0 Å². The van der Waals surface area contributed by atoms with Crippen LogP contribution in [-0.4, -0.2) is 21.4 Å². The van der Waals surface area contributed by atoms with Crippen LogP contribution in [0.4, 0.5) is 0 Å². The minimum atomic E-state index is -0.0794. The van der Waals surface area contributed by atoms with E-state index >= 15 is 0 Å². The van der Waals surface area contributed by atoms with Crippen molar-refractivity contribution in [1.82, 2.24) is 9.47 Å². The maximum absolute atomic E-state index is 12.5. The fourth-order valence-electron chi connectivity index (χ4n) is 2.16. The lowest BCUT2D eigenvalue weighted by atomic mass is 10.2. The van der Waals surface area contributed by atoms with Gasteiger partial charge in [-0.3, -0.25) is 14.2 Å². The van der Waals surface area contributed by atoms with Gasteiger partial charge in [0.15, 0.2) is 0 Å². The standard InChI is InChI=1S/C16H20N2O2S/c1-12(2)17(9-14-7-5-4-6-8-14)15(19)10-18-13(3)11-21-16(18)20/h4-8,11-12H,9-10H2,1-3H3. The van der Waals surface area contributed by atoms with Crippen LogP contribution in [0.1, 0.15) is 25.1 Å². The molecule has 2 rings (SSSR count). The number of aromatic nitrogens is 1. The summed E-state index contributed by atoms with van der Waals surface area (Å²) in [4.78, 5) is 26.0. The number of benzene rings is 1. The zero-order chi connectivity index (χ0) is 15.4. The summed E-state index contributed by atoms with van der Waals surface area (Å²) in [6, 6.07) is 9.99. The molecule has 112 valence electrons. The molecule has 0 aliphatic rings. The molecule has 0 unspecified atom stereocenters. The van der Waals surface area contributed by atoms with Crippen molar-refractivity contribution in [2.45, 2.75) is 39.9 Å². The van der Waals surface area contributed by atoms with Crippen LogP contribution in [-0.2, 0) is 17.9 Å². The molecule has 0 bridgehead atoms. The molecular weight excluding hydrogens is 284 g/mol. The largest absolute Gasteiger partial charge is 0.334 e. The highest BCUT2D eigenvalue weighted by Gasteiger charge is 2.19. The Morgan fingerprint density at radius 3 is 2.48 bits per heavy atom. The first-order chi connectivity index (χ1) is 9.99. The molecule has 1 amide bonds. The minimum Gasteiger partial charge on any atom is -0.334 e. The molecule has 2 aromatic rings. The van der Waals surface area contributed by atoms with Gasteiger partial charge in [-0.2, -0.15) is 0 Å². The topological polar surface area (TPSA) is 42.3 Å². The van der Waals surface area contributed by atoms with E-state index in [0.717, 1.165) is 22.6 Å². The number of aryl methyl sites for hydroxylation is 1. The average Bonchev–Trinajstić information content (AvgIpc) is 2.77. The summed E-state index contributed by atoms with van der Waals surface area (Å²) in [6.45, 7) is 6.50. The van der Waals surface area contributed by atoms with Gasteiger partial charge in [0.2, 0.25) is 5.91 Å². The monoisotopic (exact) mass is 304 g/mol. The maximum Gasteiger partial charge on any atom is 0.307 e. The van der Waals surface area contributed by atoms with Gasteiger partial charge in [0.1, 0.15) is 6.54 Å². The highest BCUT2D eigenvalue weighted by atomic mass is 32.1. The van der Waals surface area contributed by atoms with E-state index in [-0.39, 0.29) is 23.4 Å². The van der Waals surface area contributed by atoms with E-state index in [2.05, 4.69) is 0 Å². The Labute approximate surface area is 128 Å². The second kappa shape index (κ2) is 6.72. The summed E-state index contributed by atoms with van der Waals surface area (Å²) in [5.74, 6) is -0.0301. The number of carbonyl (C=O) groups is 1. The SMILES string of the molecule is Cc1csc(=O)n1CC(=O)N(Cc1ccccc1)C(C)C. The molecule has 0 saturated carbocycles. The Bertz CT molecular complexity index is 658. The minimum absolute atomic E-state index is 0.0301. The lowest BCUT2D eigenvalue weighted by Crippen LogP contribution is -2.39. The molecule has 0 fully saturated rings. The van der Waals surface area contributed by atoms with Crippen molar-refractivity contribution in [3.63, 3.8) is 0 Å². The Balaban J connectivity index is 2.15. The van der Waals surface area contributed by atoms with Gasteiger partial charge in [0.05, 0.1) is 0 Å². The second-order valence-electron chi connectivity index (χ2n) is 5.33. The van der Waals surface area contributed by atoms with E-state index in [1.807, 2.05) is 51.1 Å². The molecule has 0 atom stereocenters. The third-order valence-corrected chi connectivity index (χ3v) is 4.29. The van der Waals surface area contributed by atoms with Gasteiger partial charge in [-0.25, -0.2) is 0 Å². The number of rotatable bonds is 5. The van der Waals surface area contributed by atoms with E-state index in [1.165, 1.54) is 4.57 Å². The van der Waals surface area contributed by atoms with Gasteiger partial charge in [-0.15, -0.1) is 0 Å². The van der Waals surface area contributed by atoms with Crippen LogP contribution in [0.3, 0.4) is 0 Å². The van der Waals surface area contributed by atoms with Gasteiger partial charge < -0.3 is 4.90 Å². The quantitative estimate of drug-likeness (QED) is 0.852. The summed E-state index contributed by atoms with van der Waals surface area (Å²) in [7, 11) is 0. The molecule has 1 aromatic carbocycles. The van der Waals surface area contributed by atoms with Crippen molar-refractivity contribution < 1.29 is 4.79 Å². The molecule has 1 aromatic heterocycles. The molecule has 0 N–H and O–H groups in total. The van der Waals surface area contributed by atoms with E-state index in [1.54, 1.807) is 10.3 Å². The summed E-state index contributed by atoms with van der Waals surface area (Å²) in [5, 5.41) is 1.78. The average molecular weight is 304 g/mol. The first-order valence-electron chi connectivity index (χ1n) is 6.97. The molecule has 5 heteroatoms. The summed E-state index contributed by atoms with van der Waals surface area (Å²) >= 11 is 1.13. The highest BCUT2D eigenvalue weighted by molar-refractivity contribution is 7.07. The summed E-state index contributed by atoms with van der Waals surface area (Å²) in [6.07, 6.45) is 0. The number of nitrogens with zero attached hydrogens (tertiary/aromatic N) is 2. The van der Waals surface area contributed by atoms with Gasteiger partial charge in [-0.1, -0.05) is 41.7 Å². The fraction of sp³-hybridized carbons (Fsp3) is 0.375. The van der Waals surface area contributed by atoms with Crippen molar-refractivity contribution >= 4 is 17.2 Å². The first kappa shape index (κ1) is 15.5. The van der Waals surface area contributed by atoms with E-state index in [9.17, 15) is 9.59 Å². The number of hydrogen-bond donors (Lipinski definition) is 0. The number of thiazole rings is 1. The molecule has 0 aliphatic carbocycles. The number of amides is 1. The van der Waals surface area contributed by atoms with Crippen molar-refractivity contribution in [3.05, 3.63) is 56.6 Å². The Morgan fingerprint density at radius 1 is 1.29 bits per heavy atom.